The van der Waals surface area contributed by atoms with Crippen molar-refractivity contribution in [3.05, 3.63) is 48.0 Å². The molecule has 1 atom stereocenters. The van der Waals surface area contributed by atoms with Gasteiger partial charge in [-0.1, -0.05) is 32.0 Å². The predicted octanol–water partition coefficient (Wildman–Crippen LogP) is 3.40. The van der Waals surface area contributed by atoms with Crippen LogP contribution in [0, 0.1) is 5.92 Å². The van der Waals surface area contributed by atoms with Gasteiger partial charge in [0.05, 0.1) is 10.6 Å². The highest BCUT2D eigenvalue weighted by molar-refractivity contribution is 7.89. The van der Waals surface area contributed by atoms with E-state index in [0.717, 1.165) is 17.7 Å². The van der Waals surface area contributed by atoms with Gasteiger partial charge in [-0.3, -0.25) is 9.59 Å². The van der Waals surface area contributed by atoms with Crippen molar-refractivity contribution in [1.82, 2.24) is 4.31 Å². The van der Waals surface area contributed by atoms with E-state index in [0.29, 0.717) is 30.7 Å². The molecule has 0 spiro atoms. The van der Waals surface area contributed by atoms with Crippen LogP contribution in [0.15, 0.2) is 47.4 Å². The van der Waals surface area contributed by atoms with Gasteiger partial charge in [0.25, 0.3) is 5.91 Å². The molecule has 0 radical (unpaired) electrons. The Kier molecular flexibility index (Phi) is 6.71. The first-order valence-electron chi connectivity index (χ1n) is 11.3. The number of aryl methyl sites for hydroxylation is 1. The van der Waals surface area contributed by atoms with Crippen molar-refractivity contribution in [3.8, 4) is 5.75 Å². The summed E-state index contributed by atoms with van der Waals surface area (Å²) < 4.78 is 33.4. The molecular formula is C24H29N3O5S. The van der Waals surface area contributed by atoms with Gasteiger partial charge in [-0.2, -0.15) is 4.31 Å². The van der Waals surface area contributed by atoms with Gasteiger partial charge in [0.1, 0.15) is 5.75 Å². The Morgan fingerprint density at radius 2 is 1.88 bits per heavy atom. The van der Waals surface area contributed by atoms with Crippen LogP contribution < -0.4 is 15.4 Å². The molecule has 0 aliphatic carbocycles. The molecule has 2 amide bonds. The van der Waals surface area contributed by atoms with Crippen molar-refractivity contribution in [1.29, 1.82) is 0 Å². The van der Waals surface area contributed by atoms with E-state index in [-0.39, 0.29) is 35.7 Å². The van der Waals surface area contributed by atoms with Crippen LogP contribution in [0.2, 0.25) is 0 Å². The molecule has 1 fully saturated rings. The van der Waals surface area contributed by atoms with Crippen LogP contribution in [0.1, 0.15) is 38.7 Å². The normalized spacial score (nSPS) is 19.3. The number of benzene rings is 2. The molecule has 176 valence electrons. The summed E-state index contributed by atoms with van der Waals surface area (Å²) in [6, 6.07) is 12.2. The highest BCUT2D eigenvalue weighted by atomic mass is 32.2. The minimum Gasteiger partial charge on any atom is -0.478 e. The first-order valence-corrected chi connectivity index (χ1v) is 12.8. The summed E-state index contributed by atoms with van der Waals surface area (Å²) in [7, 11) is -3.76. The van der Waals surface area contributed by atoms with E-state index >= 15 is 0 Å². The summed E-state index contributed by atoms with van der Waals surface area (Å²) >= 11 is 0. The second kappa shape index (κ2) is 9.52. The number of ether oxygens (including phenoxy) is 1. The average Bonchev–Trinajstić information content (AvgIpc) is 2.83. The number of hydrogen-bond acceptors (Lipinski definition) is 5. The van der Waals surface area contributed by atoms with Gasteiger partial charge in [-0.05, 0) is 55.5 Å². The number of anilines is 2. The summed E-state index contributed by atoms with van der Waals surface area (Å²) in [6.07, 6.45) is 1.66. The van der Waals surface area contributed by atoms with Gasteiger partial charge in [0.15, 0.2) is 6.10 Å². The quantitative estimate of drug-likeness (QED) is 0.672. The first-order chi connectivity index (χ1) is 15.8. The van der Waals surface area contributed by atoms with Gasteiger partial charge < -0.3 is 15.4 Å². The Morgan fingerprint density at radius 1 is 1.15 bits per heavy atom. The van der Waals surface area contributed by atoms with Gasteiger partial charge in [0, 0.05) is 24.7 Å². The zero-order valence-corrected chi connectivity index (χ0v) is 19.7. The van der Waals surface area contributed by atoms with Gasteiger partial charge in [-0.15, -0.1) is 0 Å². The lowest BCUT2D eigenvalue weighted by molar-refractivity contribution is -0.123. The third-order valence-corrected chi connectivity index (χ3v) is 8.15. The third-order valence-electron chi connectivity index (χ3n) is 6.26. The zero-order chi connectivity index (χ0) is 23.6. The molecule has 0 aromatic heterocycles. The summed E-state index contributed by atoms with van der Waals surface area (Å²) in [6.45, 7) is 4.40. The molecule has 9 heteroatoms. The monoisotopic (exact) mass is 471 g/mol. The van der Waals surface area contributed by atoms with Gasteiger partial charge >= 0.3 is 0 Å². The predicted molar refractivity (Wildman–Crippen MR) is 126 cm³/mol. The van der Waals surface area contributed by atoms with Crippen molar-refractivity contribution in [2.75, 3.05) is 23.7 Å². The number of amides is 2. The number of fused-ring (bicyclic) bond motifs is 1. The highest BCUT2D eigenvalue weighted by Gasteiger charge is 2.34. The van der Waals surface area contributed by atoms with Crippen LogP contribution in [-0.2, 0) is 26.0 Å². The zero-order valence-electron chi connectivity index (χ0n) is 18.8. The molecule has 2 heterocycles. The second-order valence-corrected chi connectivity index (χ2v) is 10.3. The maximum absolute atomic E-state index is 13.2. The molecule has 2 N–H and O–H groups in total. The van der Waals surface area contributed by atoms with Crippen LogP contribution in [0.3, 0.4) is 0 Å². The van der Waals surface area contributed by atoms with E-state index in [1.54, 1.807) is 6.07 Å². The molecule has 2 aliphatic rings. The summed E-state index contributed by atoms with van der Waals surface area (Å²) in [5, 5.41) is 5.73. The van der Waals surface area contributed by atoms with Crippen LogP contribution in [0.5, 0.6) is 5.75 Å². The number of carbonyl (C=O) groups is 2. The topological polar surface area (TPSA) is 105 Å². The Hall–Kier alpha value is -2.91. The average molecular weight is 472 g/mol. The second-order valence-electron chi connectivity index (χ2n) is 8.34. The molecule has 8 nitrogen and oxygen atoms in total. The van der Waals surface area contributed by atoms with E-state index in [1.165, 1.54) is 16.4 Å². The number of nitrogens with one attached hydrogen (secondary N) is 2. The van der Waals surface area contributed by atoms with Crippen molar-refractivity contribution < 1.29 is 22.7 Å². The molecule has 1 unspecified atom stereocenters. The first kappa shape index (κ1) is 23.3. The number of nitrogens with zero attached hydrogens (tertiary/aromatic N) is 1. The lowest BCUT2D eigenvalue weighted by Gasteiger charge is -2.31. The molecule has 2 aromatic rings. The van der Waals surface area contributed by atoms with Crippen molar-refractivity contribution in [2.24, 2.45) is 5.92 Å². The van der Waals surface area contributed by atoms with E-state index in [4.69, 9.17) is 4.74 Å². The lowest BCUT2D eigenvalue weighted by atomic mass is 9.97. The van der Waals surface area contributed by atoms with E-state index in [1.807, 2.05) is 38.1 Å². The molecule has 4 rings (SSSR count). The Labute approximate surface area is 194 Å². The molecular weight excluding hydrogens is 442 g/mol. The minimum atomic E-state index is -3.76. The van der Waals surface area contributed by atoms with E-state index in [9.17, 15) is 18.0 Å². The number of carbonyl (C=O) groups excluding carboxylic acids is 2. The summed E-state index contributed by atoms with van der Waals surface area (Å²) in [4.78, 5) is 25.0. The number of sulfonamides is 1. The number of rotatable bonds is 6. The highest BCUT2D eigenvalue weighted by Crippen LogP contribution is 2.34. The summed E-state index contributed by atoms with van der Waals surface area (Å²) in [5.41, 5.74) is 2.23. The maximum Gasteiger partial charge on any atom is 0.265 e. The van der Waals surface area contributed by atoms with Crippen molar-refractivity contribution in [2.45, 2.75) is 50.5 Å². The minimum absolute atomic E-state index is 0.0768. The fourth-order valence-corrected chi connectivity index (χ4v) is 5.75. The maximum atomic E-state index is 13.2. The number of para-hydroxylation sites is 1. The lowest BCUT2D eigenvalue weighted by Crippen LogP contribution is -2.41. The summed E-state index contributed by atoms with van der Waals surface area (Å²) in [5.74, 6) is -0.144. The van der Waals surface area contributed by atoms with Crippen molar-refractivity contribution >= 4 is 33.2 Å². The smallest absolute Gasteiger partial charge is 0.265 e. The fraction of sp³-hybridized carbons (Fsp3) is 0.417. The fourth-order valence-electron chi connectivity index (χ4n) is 4.25. The molecule has 0 bridgehead atoms. The molecule has 2 aromatic carbocycles. The SMILES string of the molecule is CCc1ccccc1NC(=O)C1CCN(S(=O)(=O)c2ccc3c(c2)NC(=O)C(CC)O3)CC1. The van der Waals surface area contributed by atoms with Crippen LogP contribution in [-0.4, -0.2) is 43.7 Å². The van der Waals surface area contributed by atoms with Gasteiger partial charge in [-0.25, -0.2) is 8.42 Å². The molecule has 1 saturated heterocycles. The van der Waals surface area contributed by atoms with E-state index in [2.05, 4.69) is 10.6 Å². The number of piperidine rings is 1. The van der Waals surface area contributed by atoms with Crippen molar-refractivity contribution in [3.63, 3.8) is 0 Å². The van der Waals surface area contributed by atoms with Gasteiger partial charge in [0.2, 0.25) is 15.9 Å². The van der Waals surface area contributed by atoms with E-state index < -0.39 is 16.1 Å². The largest absolute Gasteiger partial charge is 0.478 e. The Morgan fingerprint density at radius 3 is 2.58 bits per heavy atom. The molecule has 2 aliphatic heterocycles. The Bertz CT molecular complexity index is 1160. The van der Waals surface area contributed by atoms with Crippen LogP contribution in [0.4, 0.5) is 11.4 Å². The number of hydrogen-bond donors (Lipinski definition) is 2. The third kappa shape index (κ3) is 4.74. The molecule has 33 heavy (non-hydrogen) atoms. The van der Waals surface area contributed by atoms with Crippen LogP contribution >= 0.6 is 0 Å². The Balaban J connectivity index is 1.42. The van der Waals surface area contributed by atoms with Crippen LogP contribution in [0.25, 0.3) is 0 Å². The molecule has 0 saturated carbocycles. The standard InChI is InChI=1S/C24H29N3O5S/c1-3-16-7-5-6-8-19(16)25-23(28)17-11-13-27(14-12-17)33(30,31)18-9-10-22-20(15-18)26-24(29)21(4-2)32-22/h5-10,15,17,21H,3-4,11-14H2,1-2H3,(H,25,28)(H,26,29).